The van der Waals surface area contributed by atoms with Gasteiger partial charge in [0.05, 0.1) is 5.60 Å². The van der Waals surface area contributed by atoms with Crippen LogP contribution in [-0.4, -0.2) is 10.1 Å². The van der Waals surface area contributed by atoms with E-state index in [-0.39, 0.29) is 5.82 Å². The van der Waals surface area contributed by atoms with Gasteiger partial charge in [-0.2, -0.15) is 0 Å². The predicted molar refractivity (Wildman–Crippen MR) is 61.7 cm³/mol. The lowest BCUT2D eigenvalue weighted by Crippen LogP contribution is -2.16. The molecule has 1 N–H and O–H groups in total. The minimum absolute atomic E-state index is 0.310. The second-order valence-electron chi connectivity index (χ2n) is 4.56. The fraction of sp³-hybridized carbons (Fsp3) is 0.308. The second-order valence-corrected chi connectivity index (χ2v) is 4.56. The Labute approximate surface area is 93.8 Å². The summed E-state index contributed by atoms with van der Waals surface area (Å²) in [6.07, 6.45) is 1.52. The van der Waals surface area contributed by atoms with Gasteiger partial charge in [-0.05, 0) is 50.1 Å². The van der Waals surface area contributed by atoms with Crippen molar-refractivity contribution in [2.45, 2.75) is 26.4 Å². The largest absolute Gasteiger partial charge is 0.386 e. The van der Waals surface area contributed by atoms with Gasteiger partial charge in [0.2, 0.25) is 0 Å². The van der Waals surface area contributed by atoms with Crippen LogP contribution in [0.15, 0.2) is 24.4 Å². The molecule has 2 rings (SSSR count). The van der Waals surface area contributed by atoms with Crippen molar-refractivity contribution in [3.05, 3.63) is 41.3 Å². The number of fused-ring (bicyclic) bond motifs is 1. The number of hydrogen-bond donors (Lipinski definition) is 1. The molecule has 16 heavy (non-hydrogen) atoms. The highest BCUT2D eigenvalue weighted by Gasteiger charge is 2.20. The van der Waals surface area contributed by atoms with Gasteiger partial charge >= 0.3 is 0 Å². The van der Waals surface area contributed by atoms with Gasteiger partial charge in [0, 0.05) is 11.6 Å². The predicted octanol–water partition coefficient (Wildman–Crippen LogP) is 2.91. The fourth-order valence-electron chi connectivity index (χ4n) is 1.88. The van der Waals surface area contributed by atoms with Crippen LogP contribution in [0, 0.1) is 12.7 Å². The third-order valence-corrected chi connectivity index (χ3v) is 2.60. The van der Waals surface area contributed by atoms with Crippen molar-refractivity contribution in [2.24, 2.45) is 0 Å². The highest BCUT2D eigenvalue weighted by molar-refractivity contribution is 5.84. The smallest absolute Gasteiger partial charge is 0.149 e. The molecule has 0 atom stereocenters. The molecule has 0 bridgehead atoms. The molecule has 0 saturated carbocycles. The van der Waals surface area contributed by atoms with E-state index in [2.05, 4.69) is 4.98 Å². The molecule has 0 saturated heterocycles. The Balaban J connectivity index is 2.87. The Morgan fingerprint density at radius 1 is 1.31 bits per heavy atom. The summed E-state index contributed by atoms with van der Waals surface area (Å²) in [6.45, 7) is 5.19. The van der Waals surface area contributed by atoms with E-state index in [1.54, 1.807) is 19.9 Å². The molecule has 0 fully saturated rings. The lowest BCUT2D eigenvalue weighted by Gasteiger charge is -2.20. The maximum atomic E-state index is 13.7. The molecule has 0 aliphatic rings. The Morgan fingerprint density at radius 2 is 2.00 bits per heavy atom. The summed E-state index contributed by atoms with van der Waals surface area (Å²) in [7, 11) is 0. The highest BCUT2D eigenvalue weighted by atomic mass is 19.1. The molecule has 1 aromatic carbocycles. The fourth-order valence-corrected chi connectivity index (χ4v) is 1.88. The number of aryl methyl sites for hydroxylation is 1. The topological polar surface area (TPSA) is 33.1 Å². The number of pyridine rings is 1. The second kappa shape index (κ2) is 3.52. The Morgan fingerprint density at radius 3 is 2.62 bits per heavy atom. The number of benzene rings is 1. The standard InChI is InChI=1S/C13H14FNO/c1-8-6-9-10(13(2,3)16)4-5-15-12(9)11(14)7-8/h4-7,16H,1-3H3. The molecule has 0 aliphatic heterocycles. The first-order valence-electron chi connectivity index (χ1n) is 5.17. The van der Waals surface area contributed by atoms with Crippen molar-refractivity contribution in [2.75, 3.05) is 0 Å². The molecule has 0 aliphatic carbocycles. The number of nitrogens with zero attached hydrogens (tertiary/aromatic N) is 1. The van der Waals surface area contributed by atoms with E-state index in [1.165, 1.54) is 12.3 Å². The van der Waals surface area contributed by atoms with Gasteiger partial charge in [-0.25, -0.2) is 4.39 Å². The molecule has 0 spiro atoms. The number of rotatable bonds is 1. The number of halogens is 1. The molecule has 1 aromatic heterocycles. The van der Waals surface area contributed by atoms with Gasteiger partial charge in [-0.15, -0.1) is 0 Å². The van der Waals surface area contributed by atoms with Gasteiger partial charge in [-0.1, -0.05) is 0 Å². The first kappa shape index (κ1) is 11.0. The summed E-state index contributed by atoms with van der Waals surface area (Å²) < 4.78 is 13.7. The lowest BCUT2D eigenvalue weighted by molar-refractivity contribution is 0.0801. The lowest BCUT2D eigenvalue weighted by atomic mass is 9.94. The quantitative estimate of drug-likeness (QED) is 0.800. The minimum atomic E-state index is -0.999. The molecule has 2 nitrogen and oxygen atoms in total. The van der Waals surface area contributed by atoms with Crippen LogP contribution < -0.4 is 0 Å². The Kier molecular flexibility index (Phi) is 2.43. The van der Waals surface area contributed by atoms with Crippen molar-refractivity contribution in [1.29, 1.82) is 0 Å². The van der Waals surface area contributed by atoms with Crippen LogP contribution in [0.25, 0.3) is 10.9 Å². The van der Waals surface area contributed by atoms with E-state index in [1.807, 2.05) is 13.0 Å². The van der Waals surface area contributed by atoms with Crippen LogP contribution in [0.4, 0.5) is 4.39 Å². The van der Waals surface area contributed by atoms with Crippen molar-refractivity contribution in [1.82, 2.24) is 4.98 Å². The average molecular weight is 219 g/mol. The van der Waals surface area contributed by atoms with Crippen LogP contribution in [0.5, 0.6) is 0 Å². The van der Waals surface area contributed by atoms with Crippen LogP contribution in [0.1, 0.15) is 25.0 Å². The van der Waals surface area contributed by atoms with Gasteiger partial charge in [0.15, 0.2) is 0 Å². The van der Waals surface area contributed by atoms with E-state index < -0.39 is 5.60 Å². The molecular weight excluding hydrogens is 205 g/mol. The van der Waals surface area contributed by atoms with E-state index in [0.717, 1.165) is 5.56 Å². The molecule has 1 heterocycles. The molecule has 2 aromatic rings. The molecule has 84 valence electrons. The third kappa shape index (κ3) is 1.78. The summed E-state index contributed by atoms with van der Waals surface area (Å²) >= 11 is 0. The monoisotopic (exact) mass is 219 g/mol. The SMILES string of the molecule is Cc1cc(F)c2nccc(C(C)(C)O)c2c1. The summed E-state index contributed by atoms with van der Waals surface area (Å²) in [6, 6.07) is 5.02. The maximum absolute atomic E-state index is 13.7. The summed E-state index contributed by atoms with van der Waals surface area (Å²) in [5.41, 5.74) is 0.829. The minimum Gasteiger partial charge on any atom is -0.386 e. The first-order chi connectivity index (χ1) is 7.39. The zero-order chi connectivity index (χ0) is 11.9. The van der Waals surface area contributed by atoms with E-state index >= 15 is 0 Å². The normalized spacial score (nSPS) is 12.1. The van der Waals surface area contributed by atoms with Crippen molar-refractivity contribution < 1.29 is 9.50 Å². The van der Waals surface area contributed by atoms with Crippen molar-refractivity contribution >= 4 is 10.9 Å². The van der Waals surface area contributed by atoms with Crippen LogP contribution in [0.2, 0.25) is 0 Å². The third-order valence-electron chi connectivity index (χ3n) is 2.60. The zero-order valence-corrected chi connectivity index (χ0v) is 9.58. The van der Waals surface area contributed by atoms with Gasteiger partial charge < -0.3 is 5.11 Å². The molecule has 0 unspecified atom stereocenters. The summed E-state index contributed by atoms with van der Waals surface area (Å²) in [5.74, 6) is -0.346. The van der Waals surface area contributed by atoms with E-state index in [4.69, 9.17) is 0 Å². The first-order valence-corrected chi connectivity index (χ1v) is 5.17. The van der Waals surface area contributed by atoms with Gasteiger partial charge in [0.1, 0.15) is 11.3 Å². The maximum Gasteiger partial charge on any atom is 0.149 e. The number of hydrogen-bond acceptors (Lipinski definition) is 2. The molecular formula is C13H14FNO. The van der Waals surface area contributed by atoms with Crippen LogP contribution >= 0.6 is 0 Å². The number of aromatic nitrogens is 1. The zero-order valence-electron chi connectivity index (χ0n) is 9.58. The average Bonchev–Trinajstić information content (AvgIpc) is 2.15. The summed E-state index contributed by atoms with van der Waals surface area (Å²) in [4.78, 5) is 4.01. The highest BCUT2D eigenvalue weighted by Crippen LogP contribution is 2.28. The van der Waals surface area contributed by atoms with Gasteiger partial charge in [-0.3, -0.25) is 4.98 Å². The Hall–Kier alpha value is -1.48. The van der Waals surface area contributed by atoms with Crippen molar-refractivity contribution in [3.63, 3.8) is 0 Å². The van der Waals surface area contributed by atoms with E-state index in [0.29, 0.717) is 16.5 Å². The molecule has 0 amide bonds. The molecule has 3 heteroatoms. The van der Waals surface area contributed by atoms with Crippen molar-refractivity contribution in [3.8, 4) is 0 Å². The molecule has 0 radical (unpaired) electrons. The summed E-state index contributed by atoms with van der Waals surface area (Å²) in [5, 5.41) is 10.7. The number of aliphatic hydroxyl groups is 1. The Bertz CT molecular complexity index is 543. The van der Waals surface area contributed by atoms with Gasteiger partial charge in [0.25, 0.3) is 0 Å². The van der Waals surface area contributed by atoms with Crippen LogP contribution in [0.3, 0.4) is 0 Å². The van der Waals surface area contributed by atoms with E-state index in [9.17, 15) is 9.50 Å². The van der Waals surface area contributed by atoms with Crippen LogP contribution in [-0.2, 0) is 5.60 Å².